The summed E-state index contributed by atoms with van der Waals surface area (Å²) in [6.45, 7) is 8.42. The number of hydrogen-bond acceptors (Lipinski definition) is 5. The van der Waals surface area contributed by atoms with Gasteiger partial charge in [-0.15, -0.1) is 11.3 Å². The SMILES string of the molecule is CC(O)CN1CCN(CC(=O)N2CCc3sccc3C2)CC1. The second kappa shape index (κ2) is 7.08. The zero-order chi connectivity index (χ0) is 15.5. The van der Waals surface area contributed by atoms with Gasteiger partial charge >= 0.3 is 0 Å². The molecule has 3 rings (SSSR count). The normalized spacial score (nSPS) is 21.6. The van der Waals surface area contributed by atoms with Crippen LogP contribution in [0.1, 0.15) is 17.4 Å². The highest BCUT2D eigenvalue weighted by Gasteiger charge is 2.25. The lowest BCUT2D eigenvalue weighted by atomic mass is 10.1. The number of thiophene rings is 1. The molecule has 22 heavy (non-hydrogen) atoms. The molecule has 1 fully saturated rings. The Morgan fingerprint density at radius 2 is 2.00 bits per heavy atom. The van der Waals surface area contributed by atoms with Gasteiger partial charge in [0.05, 0.1) is 12.6 Å². The number of carbonyl (C=O) groups is 1. The predicted octanol–water partition coefficient (Wildman–Crippen LogP) is 0.631. The maximum Gasteiger partial charge on any atom is 0.237 e. The van der Waals surface area contributed by atoms with Crippen LogP contribution in [0.4, 0.5) is 0 Å². The lowest BCUT2D eigenvalue weighted by Crippen LogP contribution is -2.51. The Kier molecular flexibility index (Phi) is 5.13. The molecule has 1 aromatic heterocycles. The molecule has 0 aromatic carbocycles. The summed E-state index contributed by atoms with van der Waals surface area (Å²) in [6, 6.07) is 2.15. The number of fused-ring (bicyclic) bond motifs is 1. The fourth-order valence-electron chi connectivity index (χ4n) is 3.26. The smallest absolute Gasteiger partial charge is 0.237 e. The molecule has 0 spiro atoms. The molecule has 2 aliphatic heterocycles. The number of piperazine rings is 1. The summed E-state index contributed by atoms with van der Waals surface area (Å²) < 4.78 is 0. The lowest BCUT2D eigenvalue weighted by molar-refractivity contribution is -0.133. The zero-order valence-electron chi connectivity index (χ0n) is 13.2. The molecule has 0 saturated carbocycles. The third kappa shape index (κ3) is 3.87. The van der Waals surface area contributed by atoms with Crippen molar-refractivity contribution < 1.29 is 9.90 Å². The van der Waals surface area contributed by atoms with Gasteiger partial charge in [-0.1, -0.05) is 0 Å². The summed E-state index contributed by atoms with van der Waals surface area (Å²) >= 11 is 1.81. The Hall–Kier alpha value is -0.950. The van der Waals surface area contributed by atoms with Gasteiger partial charge in [-0.05, 0) is 30.4 Å². The number of aliphatic hydroxyl groups is 1. The molecule has 6 heteroatoms. The van der Waals surface area contributed by atoms with E-state index in [4.69, 9.17) is 0 Å². The second-order valence-electron chi connectivity index (χ2n) is 6.36. The monoisotopic (exact) mass is 323 g/mol. The molecule has 1 atom stereocenters. The average molecular weight is 323 g/mol. The maximum absolute atomic E-state index is 12.5. The van der Waals surface area contributed by atoms with Crippen LogP contribution in [0, 0.1) is 0 Å². The molecule has 0 radical (unpaired) electrons. The molecule has 1 amide bonds. The van der Waals surface area contributed by atoms with Crippen molar-refractivity contribution in [2.75, 3.05) is 45.8 Å². The van der Waals surface area contributed by atoms with Crippen molar-refractivity contribution >= 4 is 17.2 Å². The first kappa shape index (κ1) is 15.9. The van der Waals surface area contributed by atoms with E-state index in [-0.39, 0.29) is 12.0 Å². The number of hydrogen-bond donors (Lipinski definition) is 1. The highest BCUT2D eigenvalue weighted by molar-refractivity contribution is 7.10. The minimum atomic E-state index is -0.277. The molecule has 1 aromatic rings. The molecule has 122 valence electrons. The van der Waals surface area contributed by atoms with E-state index >= 15 is 0 Å². The first-order chi connectivity index (χ1) is 10.6. The van der Waals surface area contributed by atoms with Crippen LogP contribution in [0.5, 0.6) is 0 Å². The molecule has 0 bridgehead atoms. The number of aliphatic hydroxyl groups excluding tert-OH is 1. The molecule has 1 N–H and O–H groups in total. The van der Waals surface area contributed by atoms with Crippen LogP contribution in [0.15, 0.2) is 11.4 Å². The largest absolute Gasteiger partial charge is 0.392 e. The fourth-order valence-corrected chi connectivity index (χ4v) is 4.15. The van der Waals surface area contributed by atoms with E-state index in [0.717, 1.165) is 52.2 Å². The highest BCUT2D eigenvalue weighted by atomic mass is 32.1. The minimum Gasteiger partial charge on any atom is -0.392 e. The number of β-amino-alcohol motifs (C(OH)–C–C–N with tert-alkyl or cyclic N) is 1. The van der Waals surface area contributed by atoms with Crippen molar-refractivity contribution in [2.45, 2.75) is 26.0 Å². The van der Waals surface area contributed by atoms with Crippen LogP contribution in [-0.2, 0) is 17.8 Å². The number of carbonyl (C=O) groups excluding carboxylic acids is 1. The van der Waals surface area contributed by atoms with Crippen molar-refractivity contribution in [2.24, 2.45) is 0 Å². The summed E-state index contributed by atoms with van der Waals surface area (Å²) in [4.78, 5) is 20.4. The molecule has 3 heterocycles. The molecule has 0 aliphatic carbocycles. The predicted molar refractivity (Wildman–Crippen MR) is 88.0 cm³/mol. The van der Waals surface area contributed by atoms with Crippen molar-refractivity contribution in [3.8, 4) is 0 Å². The van der Waals surface area contributed by atoms with E-state index in [1.54, 1.807) is 11.3 Å². The van der Waals surface area contributed by atoms with Crippen molar-refractivity contribution in [1.29, 1.82) is 0 Å². The van der Waals surface area contributed by atoms with E-state index in [2.05, 4.69) is 21.2 Å². The standard InChI is InChI=1S/C16H25N3O2S/c1-13(20)10-17-5-7-18(8-6-17)12-16(21)19-4-2-15-14(11-19)3-9-22-15/h3,9,13,20H,2,4-8,10-12H2,1H3. The van der Waals surface area contributed by atoms with Crippen molar-refractivity contribution in [3.05, 3.63) is 21.9 Å². The van der Waals surface area contributed by atoms with E-state index in [0.29, 0.717) is 6.54 Å². The van der Waals surface area contributed by atoms with Crippen molar-refractivity contribution in [1.82, 2.24) is 14.7 Å². The van der Waals surface area contributed by atoms with Crippen LogP contribution >= 0.6 is 11.3 Å². The third-order valence-electron chi connectivity index (χ3n) is 4.51. The summed E-state index contributed by atoms with van der Waals surface area (Å²) in [5, 5.41) is 11.6. The third-order valence-corrected chi connectivity index (χ3v) is 5.53. The van der Waals surface area contributed by atoms with Crippen LogP contribution in [0.3, 0.4) is 0 Å². The Morgan fingerprint density at radius 3 is 2.73 bits per heavy atom. The lowest BCUT2D eigenvalue weighted by Gasteiger charge is -2.36. The zero-order valence-corrected chi connectivity index (χ0v) is 14.0. The van der Waals surface area contributed by atoms with Gasteiger partial charge < -0.3 is 10.0 Å². The van der Waals surface area contributed by atoms with Gasteiger partial charge in [-0.25, -0.2) is 0 Å². The van der Waals surface area contributed by atoms with Gasteiger partial charge in [-0.2, -0.15) is 0 Å². The molecule has 1 unspecified atom stereocenters. The van der Waals surface area contributed by atoms with Gasteiger partial charge in [-0.3, -0.25) is 14.6 Å². The van der Waals surface area contributed by atoms with Crippen LogP contribution in [-0.4, -0.2) is 77.6 Å². The van der Waals surface area contributed by atoms with Crippen molar-refractivity contribution in [3.63, 3.8) is 0 Å². The molecular formula is C16H25N3O2S. The topological polar surface area (TPSA) is 47.0 Å². The summed E-state index contributed by atoms with van der Waals surface area (Å²) in [7, 11) is 0. The fraction of sp³-hybridized carbons (Fsp3) is 0.688. The first-order valence-electron chi connectivity index (χ1n) is 8.07. The van der Waals surface area contributed by atoms with Gasteiger partial charge in [0, 0.05) is 50.7 Å². The van der Waals surface area contributed by atoms with Gasteiger partial charge in [0.1, 0.15) is 0 Å². The van der Waals surface area contributed by atoms with Crippen LogP contribution in [0.2, 0.25) is 0 Å². The van der Waals surface area contributed by atoms with Crippen LogP contribution in [0.25, 0.3) is 0 Å². The Bertz CT molecular complexity index is 509. The van der Waals surface area contributed by atoms with E-state index in [9.17, 15) is 9.90 Å². The Labute approximate surface area is 136 Å². The van der Waals surface area contributed by atoms with E-state index < -0.39 is 0 Å². The quantitative estimate of drug-likeness (QED) is 0.883. The number of nitrogens with zero attached hydrogens (tertiary/aromatic N) is 3. The summed E-state index contributed by atoms with van der Waals surface area (Å²) in [5.41, 5.74) is 1.33. The summed E-state index contributed by atoms with van der Waals surface area (Å²) in [6.07, 6.45) is 0.724. The van der Waals surface area contributed by atoms with Gasteiger partial charge in [0.2, 0.25) is 5.91 Å². The Balaban J connectivity index is 1.45. The van der Waals surface area contributed by atoms with Crippen LogP contribution < -0.4 is 0 Å². The number of amides is 1. The first-order valence-corrected chi connectivity index (χ1v) is 8.95. The van der Waals surface area contributed by atoms with Gasteiger partial charge in [0.15, 0.2) is 0 Å². The molecule has 5 nitrogen and oxygen atoms in total. The Morgan fingerprint density at radius 1 is 1.27 bits per heavy atom. The molecule has 2 aliphatic rings. The number of rotatable bonds is 4. The highest BCUT2D eigenvalue weighted by Crippen LogP contribution is 2.24. The van der Waals surface area contributed by atoms with E-state index in [1.807, 2.05) is 11.8 Å². The second-order valence-corrected chi connectivity index (χ2v) is 7.36. The maximum atomic E-state index is 12.5. The summed E-state index contributed by atoms with van der Waals surface area (Å²) in [5.74, 6) is 0.251. The minimum absolute atomic E-state index is 0.251. The van der Waals surface area contributed by atoms with E-state index in [1.165, 1.54) is 10.4 Å². The molecule has 1 saturated heterocycles. The van der Waals surface area contributed by atoms with Gasteiger partial charge in [0.25, 0.3) is 0 Å². The average Bonchev–Trinajstić information content (AvgIpc) is 2.96. The molecular weight excluding hydrogens is 298 g/mol.